The van der Waals surface area contributed by atoms with Gasteiger partial charge in [-0.15, -0.1) is 0 Å². The van der Waals surface area contributed by atoms with Crippen LogP contribution >= 0.6 is 0 Å². The van der Waals surface area contributed by atoms with Crippen LogP contribution in [0.25, 0.3) is 0 Å². The Morgan fingerprint density at radius 2 is 2.30 bits per heavy atom. The summed E-state index contributed by atoms with van der Waals surface area (Å²) in [6.07, 6.45) is 0.719. The molecule has 3 nitrogen and oxygen atoms in total. The summed E-state index contributed by atoms with van der Waals surface area (Å²) < 4.78 is 0. The average Bonchev–Trinajstić information content (AvgIpc) is 1.87. The molecule has 0 fully saturated rings. The van der Waals surface area contributed by atoms with E-state index in [1.807, 2.05) is 0 Å². The molecule has 1 unspecified atom stereocenters. The van der Waals surface area contributed by atoms with Crippen LogP contribution in [0.3, 0.4) is 0 Å². The van der Waals surface area contributed by atoms with E-state index in [0.29, 0.717) is 18.6 Å². The van der Waals surface area contributed by atoms with Crippen LogP contribution in [0.2, 0.25) is 0 Å². The second-order valence-corrected chi connectivity index (χ2v) is 2.30. The molecule has 0 bridgehead atoms. The fraction of sp³-hybridized carbons (Fsp3) is 0.571. The van der Waals surface area contributed by atoms with Crippen LogP contribution in [-0.2, 0) is 4.79 Å². The first-order chi connectivity index (χ1) is 4.57. The lowest BCUT2D eigenvalue weighted by Gasteiger charge is -2.04. The van der Waals surface area contributed by atoms with Gasteiger partial charge < -0.3 is 10.5 Å². The van der Waals surface area contributed by atoms with Gasteiger partial charge in [0.2, 0.25) is 0 Å². The highest BCUT2D eigenvalue weighted by atomic mass is 16.4. The minimum absolute atomic E-state index is 0.318. The Balaban J connectivity index is 3.68. The molecule has 3 heteroatoms. The summed E-state index contributed by atoms with van der Waals surface area (Å²) in [6, 6.07) is 0. The molecule has 57 valence electrons. The maximum atomic E-state index is 10.2. The summed E-state index contributed by atoms with van der Waals surface area (Å²) >= 11 is 0. The Hall–Kier alpha value is -0.860. The first kappa shape index (κ1) is 9.14. The molecule has 0 aliphatic heterocycles. The van der Waals surface area contributed by atoms with Crippen molar-refractivity contribution in [3.63, 3.8) is 0 Å². The van der Waals surface area contributed by atoms with E-state index in [1.165, 1.54) is 0 Å². The van der Waals surface area contributed by atoms with Crippen LogP contribution in [0.15, 0.2) is 0 Å². The van der Waals surface area contributed by atoms with Gasteiger partial charge in [-0.1, -0.05) is 6.92 Å². The van der Waals surface area contributed by atoms with Crippen molar-refractivity contribution >= 4 is 11.7 Å². The van der Waals surface area contributed by atoms with Gasteiger partial charge >= 0.3 is 5.97 Å². The molecular weight excluding hydrogens is 130 g/mol. The molecule has 0 spiro atoms. The van der Waals surface area contributed by atoms with Gasteiger partial charge in [0, 0.05) is 5.71 Å². The molecule has 0 aromatic rings. The third kappa shape index (κ3) is 3.22. The molecule has 0 aromatic carbocycles. The van der Waals surface area contributed by atoms with E-state index in [4.69, 9.17) is 10.5 Å². The van der Waals surface area contributed by atoms with Gasteiger partial charge in [0.15, 0.2) is 0 Å². The van der Waals surface area contributed by atoms with Crippen molar-refractivity contribution in [3.8, 4) is 0 Å². The number of nitrogens with one attached hydrogen (secondary N) is 1. The Morgan fingerprint density at radius 1 is 1.80 bits per heavy atom. The van der Waals surface area contributed by atoms with Gasteiger partial charge in [0.1, 0.15) is 0 Å². The summed E-state index contributed by atoms with van der Waals surface area (Å²) in [6.45, 7) is 5.07. The minimum Gasteiger partial charge on any atom is -0.481 e. The van der Waals surface area contributed by atoms with Crippen molar-refractivity contribution in [2.24, 2.45) is 5.92 Å². The molecular formula is C7H12NO2. The van der Waals surface area contributed by atoms with E-state index < -0.39 is 11.9 Å². The Kier molecular flexibility index (Phi) is 3.69. The first-order valence-electron chi connectivity index (χ1n) is 3.16. The molecule has 0 saturated heterocycles. The van der Waals surface area contributed by atoms with Gasteiger partial charge in [0.05, 0.1) is 5.92 Å². The van der Waals surface area contributed by atoms with E-state index in [2.05, 4.69) is 6.92 Å². The molecule has 0 aliphatic rings. The van der Waals surface area contributed by atoms with Crippen molar-refractivity contribution in [1.82, 2.24) is 0 Å². The predicted molar refractivity (Wildman–Crippen MR) is 39.1 cm³/mol. The highest BCUT2D eigenvalue weighted by molar-refractivity contribution is 5.85. The fourth-order valence-corrected chi connectivity index (χ4v) is 0.559. The number of carboxylic acids is 1. The number of rotatable bonds is 4. The molecule has 0 rings (SSSR count). The van der Waals surface area contributed by atoms with Crippen molar-refractivity contribution in [1.29, 1.82) is 5.41 Å². The van der Waals surface area contributed by atoms with Crippen LogP contribution in [-0.4, -0.2) is 16.8 Å². The van der Waals surface area contributed by atoms with Gasteiger partial charge in [-0.3, -0.25) is 4.79 Å². The van der Waals surface area contributed by atoms with E-state index in [-0.39, 0.29) is 0 Å². The molecule has 0 aromatic heterocycles. The summed E-state index contributed by atoms with van der Waals surface area (Å²) in [5, 5.41) is 15.5. The van der Waals surface area contributed by atoms with Crippen LogP contribution in [0.5, 0.6) is 0 Å². The zero-order valence-electron chi connectivity index (χ0n) is 6.05. The van der Waals surface area contributed by atoms with Crippen molar-refractivity contribution in [3.05, 3.63) is 6.92 Å². The maximum Gasteiger partial charge on any atom is 0.306 e. The highest BCUT2D eigenvalue weighted by Gasteiger charge is 2.11. The van der Waals surface area contributed by atoms with E-state index >= 15 is 0 Å². The van der Waals surface area contributed by atoms with Gasteiger partial charge in [0.25, 0.3) is 0 Å². The SMILES string of the molecule is [CH2]CC(=N)CC(C)C(=O)O. The molecule has 0 aliphatic carbocycles. The molecule has 0 saturated carbocycles. The smallest absolute Gasteiger partial charge is 0.306 e. The molecule has 0 amide bonds. The monoisotopic (exact) mass is 142 g/mol. The zero-order valence-corrected chi connectivity index (χ0v) is 6.05. The van der Waals surface area contributed by atoms with Crippen LogP contribution < -0.4 is 0 Å². The fourth-order valence-electron chi connectivity index (χ4n) is 0.559. The number of hydrogen-bond acceptors (Lipinski definition) is 2. The van der Waals surface area contributed by atoms with E-state index in [0.717, 1.165) is 0 Å². The average molecular weight is 142 g/mol. The van der Waals surface area contributed by atoms with E-state index in [1.54, 1.807) is 6.92 Å². The van der Waals surface area contributed by atoms with Crippen LogP contribution in [0.4, 0.5) is 0 Å². The summed E-state index contributed by atoms with van der Waals surface area (Å²) in [4.78, 5) is 10.2. The number of carbonyl (C=O) groups is 1. The van der Waals surface area contributed by atoms with Crippen LogP contribution in [0.1, 0.15) is 19.8 Å². The third-order valence-corrected chi connectivity index (χ3v) is 1.28. The molecule has 0 heterocycles. The van der Waals surface area contributed by atoms with Crippen LogP contribution in [0, 0.1) is 18.3 Å². The number of hydrogen-bond donors (Lipinski definition) is 2. The summed E-state index contributed by atoms with van der Waals surface area (Å²) in [5.41, 5.74) is 0.398. The lowest BCUT2D eigenvalue weighted by atomic mass is 10.0. The van der Waals surface area contributed by atoms with Crippen molar-refractivity contribution in [2.75, 3.05) is 0 Å². The largest absolute Gasteiger partial charge is 0.481 e. The summed E-state index contributed by atoms with van der Waals surface area (Å²) in [5.74, 6) is -1.30. The Labute approximate surface area is 60.6 Å². The van der Waals surface area contributed by atoms with Gasteiger partial charge in [-0.05, 0) is 19.8 Å². The molecule has 1 atom stereocenters. The summed E-state index contributed by atoms with van der Waals surface area (Å²) in [7, 11) is 0. The van der Waals surface area contributed by atoms with E-state index in [9.17, 15) is 4.79 Å². The van der Waals surface area contributed by atoms with Gasteiger partial charge in [-0.25, -0.2) is 0 Å². The van der Waals surface area contributed by atoms with Gasteiger partial charge in [-0.2, -0.15) is 0 Å². The van der Waals surface area contributed by atoms with Crippen molar-refractivity contribution < 1.29 is 9.90 Å². The quantitative estimate of drug-likeness (QED) is 0.582. The molecule has 10 heavy (non-hydrogen) atoms. The molecule has 2 N–H and O–H groups in total. The predicted octanol–water partition coefficient (Wildman–Crippen LogP) is 1.34. The standard InChI is InChI=1S/C7H12NO2/c1-3-6(8)4-5(2)7(9)10/h5,8H,1,3-4H2,2H3,(H,9,10). The normalized spacial score (nSPS) is 12.6. The topological polar surface area (TPSA) is 61.2 Å². The second-order valence-electron chi connectivity index (χ2n) is 2.30. The molecule has 1 radical (unpaired) electrons. The minimum atomic E-state index is -0.849. The third-order valence-electron chi connectivity index (χ3n) is 1.28. The lowest BCUT2D eigenvalue weighted by Crippen LogP contribution is -2.13. The van der Waals surface area contributed by atoms with Crippen molar-refractivity contribution in [2.45, 2.75) is 19.8 Å². The number of aliphatic carboxylic acids is 1. The highest BCUT2D eigenvalue weighted by Crippen LogP contribution is 2.03. The number of carboxylic acid groups (broad SMARTS) is 1. The first-order valence-corrected chi connectivity index (χ1v) is 3.16. The Bertz CT molecular complexity index is 143. The zero-order chi connectivity index (χ0) is 8.15. The maximum absolute atomic E-state index is 10.2. The second kappa shape index (κ2) is 4.04. The Morgan fingerprint density at radius 3 is 2.60 bits per heavy atom. The lowest BCUT2D eigenvalue weighted by molar-refractivity contribution is -0.140.